The van der Waals surface area contributed by atoms with Crippen LogP contribution in [-0.4, -0.2) is 57.4 Å². The number of nitrogens with zero attached hydrogens (tertiary/aromatic N) is 4. The number of hydrogen-bond donors (Lipinski definition) is 1. The van der Waals surface area contributed by atoms with Crippen molar-refractivity contribution < 1.29 is 14.6 Å². The summed E-state index contributed by atoms with van der Waals surface area (Å²) >= 11 is 0. The Kier molecular flexibility index (Phi) is 4.46. The zero-order valence-electron chi connectivity index (χ0n) is 13.5. The number of aromatic nitrogens is 3. The highest BCUT2D eigenvalue weighted by Gasteiger charge is 2.36. The molecule has 1 N–H and O–H groups in total. The molecule has 7 nitrogen and oxygen atoms in total. The van der Waals surface area contributed by atoms with Crippen molar-refractivity contribution in [3.05, 3.63) is 41.7 Å². The van der Waals surface area contributed by atoms with E-state index < -0.39 is 0 Å². The Morgan fingerprint density at radius 1 is 1.38 bits per heavy atom. The van der Waals surface area contributed by atoms with Gasteiger partial charge in [-0.2, -0.15) is 0 Å². The summed E-state index contributed by atoms with van der Waals surface area (Å²) in [7, 11) is 0. The maximum absolute atomic E-state index is 8.87. The number of piperidine rings is 1. The van der Waals surface area contributed by atoms with Gasteiger partial charge in [-0.05, 0) is 24.1 Å². The lowest BCUT2D eigenvalue weighted by molar-refractivity contribution is -0.0669. The van der Waals surface area contributed by atoms with Gasteiger partial charge in [0.25, 0.3) is 0 Å². The van der Waals surface area contributed by atoms with Gasteiger partial charge in [0.1, 0.15) is 12.4 Å². The molecule has 2 aromatic rings. The molecule has 3 heterocycles. The van der Waals surface area contributed by atoms with Crippen LogP contribution in [0.2, 0.25) is 0 Å². The lowest BCUT2D eigenvalue weighted by Gasteiger charge is -2.41. The number of aliphatic hydroxyl groups is 1. The minimum atomic E-state index is 0.0274. The Labute approximate surface area is 140 Å². The molecule has 1 aromatic carbocycles. The van der Waals surface area contributed by atoms with Crippen LogP contribution in [0.4, 0.5) is 0 Å². The van der Waals surface area contributed by atoms with E-state index in [-0.39, 0.29) is 18.8 Å². The second kappa shape index (κ2) is 6.88. The first-order valence-corrected chi connectivity index (χ1v) is 8.39. The first kappa shape index (κ1) is 15.6. The fourth-order valence-electron chi connectivity index (χ4n) is 3.54. The highest BCUT2D eigenvalue weighted by Crippen LogP contribution is 2.30. The number of fused-ring (bicyclic) bond motifs is 3. The van der Waals surface area contributed by atoms with E-state index in [1.165, 1.54) is 5.56 Å². The van der Waals surface area contributed by atoms with Crippen LogP contribution in [0, 0.1) is 0 Å². The summed E-state index contributed by atoms with van der Waals surface area (Å²) in [6.45, 7) is 3.74. The van der Waals surface area contributed by atoms with E-state index in [2.05, 4.69) is 21.3 Å². The Morgan fingerprint density at radius 2 is 2.33 bits per heavy atom. The molecule has 1 aromatic heterocycles. The molecule has 1 saturated heterocycles. The van der Waals surface area contributed by atoms with Crippen molar-refractivity contribution in [2.45, 2.75) is 31.7 Å². The van der Waals surface area contributed by atoms with Crippen molar-refractivity contribution in [1.82, 2.24) is 19.9 Å². The van der Waals surface area contributed by atoms with Crippen LogP contribution in [0.15, 0.2) is 30.5 Å². The Hall–Kier alpha value is -1.96. The van der Waals surface area contributed by atoms with E-state index in [4.69, 9.17) is 14.6 Å². The van der Waals surface area contributed by atoms with Gasteiger partial charge in [0, 0.05) is 19.6 Å². The van der Waals surface area contributed by atoms with E-state index in [1.54, 1.807) is 6.20 Å². The van der Waals surface area contributed by atoms with Crippen LogP contribution < -0.4 is 4.74 Å². The van der Waals surface area contributed by atoms with Crippen LogP contribution in [0.5, 0.6) is 5.75 Å². The van der Waals surface area contributed by atoms with E-state index in [9.17, 15) is 0 Å². The number of likely N-dealkylation sites (tertiary alicyclic amines) is 1. The number of benzene rings is 1. The summed E-state index contributed by atoms with van der Waals surface area (Å²) in [5.41, 5.74) is 2.26. The average Bonchev–Trinajstić information content (AvgIpc) is 3.09. The first-order valence-electron chi connectivity index (χ1n) is 8.39. The van der Waals surface area contributed by atoms with E-state index in [1.807, 2.05) is 22.9 Å². The van der Waals surface area contributed by atoms with Gasteiger partial charge in [-0.1, -0.05) is 17.3 Å². The summed E-state index contributed by atoms with van der Waals surface area (Å²) in [4.78, 5) is 2.42. The summed E-state index contributed by atoms with van der Waals surface area (Å²) < 4.78 is 13.5. The fraction of sp³-hybridized carbons (Fsp3) is 0.529. The topological polar surface area (TPSA) is 72.6 Å². The normalized spacial score (nSPS) is 23.5. The van der Waals surface area contributed by atoms with Crippen LogP contribution in [0.3, 0.4) is 0 Å². The first-order chi connectivity index (χ1) is 11.8. The molecule has 24 heavy (non-hydrogen) atoms. The molecular formula is C17H22N4O3. The van der Waals surface area contributed by atoms with Crippen molar-refractivity contribution >= 4 is 0 Å². The molecule has 2 atom stereocenters. The lowest BCUT2D eigenvalue weighted by atomic mass is 10.00. The zero-order chi connectivity index (χ0) is 16.4. The van der Waals surface area contributed by atoms with Gasteiger partial charge in [0.2, 0.25) is 0 Å². The smallest absolute Gasteiger partial charge is 0.119 e. The minimum absolute atomic E-state index is 0.0274. The predicted molar refractivity (Wildman–Crippen MR) is 86.6 cm³/mol. The quantitative estimate of drug-likeness (QED) is 0.882. The molecule has 2 aliphatic heterocycles. The molecule has 0 aliphatic carbocycles. The van der Waals surface area contributed by atoms with E-state index in [0.717, 1.165) is 37.5 Å². The third-order valence-corrected chi connectivity index (χ3v) is 4.68. The lowest BCUT2D eigenvalue weighted by Crippen LogP contribution is -2.47. The van der Waals surface area contributed by atoms with Gasteiger partial charge < -0.3 is 14.6 Å². The van der Waals surface area contributed by atoms with Crippen LogP contribution in [0.25, 0.3) is 0 Å². The number of ether oxygens (including phenoxy) is 2. The van der Waals surface area contributed by atoms with Crippen molar-refractivity contribution in [2.75, 3.05) is 26.3 Å². The maximum Gasteiger partial charge on any atom is 0.119 e. The molecule has 0 spiro atoms. The fourth-order valence-corrected chi connectivity index (χ4v) is 3.54. The molecule has 0 radical (unpaired) electrons. The van der Waals surface area contributed by atoms with Crippen molar-refractivity contribution in [1.29, 1.82) is 0 Å². The van der Waals surface area contributed by atoms with Gasteiger partial charge in [-0.25, -0.2) is 4.68 Å². The minimum Gasteiger partial charge on any atom is -0.491 e. The molecule has 0 amide bonds. The molecule has 1 fully saturated rings. The van der Waals surface area contributed by atoms with Gasteiger partial charge >= 0.3 is 0 Å². The zero-order valence-corrected chi connectivity index (χ0v) is 13.5. The molecule has 128 valence electrons. The Morgan fingerprint density at radius 3 is 3.25 bits per heavy atom. The largest absolute Gasteiger partial charge is 0.491 e. The van der Waals surface area contributed by atoms with E-state index in [0.29, 0.717) is 13.2 Å². The molecule has 0 bridgehead atoms. The highest BCUT2D eigenvalue weighted by atomic mass is 16.5. The maximum atomic E-state index is 8.87. The van der Waals surface area contributed by atoms with Crippen LogP contribution in [0.1, 0.15) is 23.7 Å². The SMILES string of the molecule is OCCOc1cccc(CN2CC[C@H]3OCc4cnnn4[C@H]3C2)c1. The van der Waals surface area contributed by atoms with Gasteiger partial charge in [-0.15, -0.1) is 5.10 Å². The van der Waals surface area contributed by atoms with Gasteiger partial charge in [0.05, 0.1) is 37.3 Å². The van der Waals surface area contributed by atoms with Crippen molar-refractivity contribution in [3.8, 4) is 5.75 Å². The molecule has 7 heteroatoms. The van der Waals surface area contributed by atoms with E-state index >= 15 is 0 Å². The third kappa shape index (κ3) is 3.15. The predicted octanol–water partition coefficient (Wildman–Crippen LogP) is 0.995. The number of aliphatic hydroxyl groups excluding tert-OH is 1. The summed E-state index contributed by atoms with van der Waals surface area (Å²) in [5, 5.41) is 17.1. The van der Waals surface area contributed by atoms with Gasteiger partial charge in [-0.3, -0.25) is 4.90 Å². The molecule has 4 rings (SSSR count). The number of rotatable bonds is 5. The average molecular weight is 330 g/mol. The molecular weight excluding hydrogens is 308 g/mol. The second-order valence-electron chi connectivity index (χ2n) is 6.33. The molecule has 0 unspecified atom stereocenters. The summed E-state index contributed by atoms with van der Waals surface area (Å²) in [6, 6.07) is 8.30. The monoisotopic (exact) mass is 330 g/mol. The van der Waals surface area contributed by atoms with Crippen molar-refractivity contribution in [2.24, 2.45) is 0 Å². The standard InChI is InChI=1S/C17H22N4O3/c22-6-7-23-15-3-1-2-13(8-15)10-20-5-4-17-16(11-20)21-14(12-24-17)9-18-19-21/h1-3,8-9,16-17,22H,4-7,10-12H2/t16-,17+/m0/s1. The summed E-state index contributed by atoms with van der Waals surface area (Å²) in [6.07, 6.45) is 3.02. The highest BCUT2D eigenvalue weighted by molar-refractivity contribution is 5.28. The Bertz CT molecular complexity index is 690. The Balaban J connectivity index is 1.43. The van der Waals surface area contributed by atoms with Crippen molar-refractivity contribution in [3.63, 3.8) is 0 Å². The number of hydrogen-bond acceptors (Lipinski definition) is 6. The molecule has 2 aliphatic rings. The summed E-state index contributed by atoms with van der Waals surface area (Å²) in [5.74, 6) is 0.802. The third-order valence-electron chi connectivity index (χ3n) is 4.68. The molecule has 0 saturated carbocycles. The van der Waals surface area contributed by atoms with Crippen LogP contribution in [-0.2, 0) is 17.9 Å². The van der Waals surface area contributed by atoms with Crippen LogP contribution >= 0.6 is 0 Å². The second-order valence-corrected chi connectivity index (χ2v) is 6.33. The van der Waals surface area contributed by atoms with Gasteiger partial charge in [0.15, 0.2) is 0 Å².